The number of fused-ring (bicyclic) bond motifs is 2. The van der Waals surface area contributed by atoms with Gasteiger partial charge in [0, 0.05) is 30.9 Å². The summed E-state index contributed by atoms with van der Waals surface area (Å²) in [5.41, 5.74) is 3.68. The van der Waals surface area contributed by atoms with Crippen molar-refractivity contribution in [2.75, 3.05) is 36.5 Å². The molecule has 0 aromatic heterocycles. The number of carbonyl (C=O) groups excluding carboxylic acids is 2. The van der Waals surface area contributed by atoms with Crippen molar-refractivity contribution >= 4 is 23.2 Å². The molecule has 2 aromatic carbocycles. The maximum absolute atomic E-state index is 12.4. The van der Waals surface area contributed by atoms with Gasteiger partial charge >= 0.3 is 0 Å². The molecule has 0 saturated carbocycles. The molecule has 26 heavy (non-hydrogen) atoms. The van der Waals surface area contributed by atoms with Gasteiger partial charge in [-0.3, -0.25) is 9.59 Å². The van der Waals surface area contributed by atoms with E-state index in [1.165, 1.54) is 11.3 Å². The number of nitrogens with zero attached hydrogens (tertiary/aromatic N) is 1. The number of nitrogens with one attached hydrogen (secondary N) is 2. The monoisotopic (exact) mass is 351 g/mol. The first-order valence-corrected chi connectivity index (χ1v) is 8.88. The van der Waals surface area contributed by atoms with Crippen LogP contribution >= 0.6 is 0 Å². The molecule has 2 N–H and O–H groups in total. The summed E-state index contributed by atoms with van der Waals surface area (Å²) in [5, 5.41) is 5.68. The average molecular weight is 351 g/mol. The number of hydrogen-bond acceptors (Lipinski definition) is 4. The molecule has 0 unspecified atom stereocenters. The molecule has 6 heteroatoms. The van der Waals surface area contributed by atoms with Crippen molar-refractivity contribution in [1.29, 1.82) is 0 Å². The summed E-state index contributed by atoms with van der Waals surface area (Å²) in [6.07, 6.45) is 2.25. The van der Waals surface area contributed by atoms with Crippen molar-refractivity contribution in [2.24, 2.45) is 0 Å². The first-order valence-electron chi connectivity index (χ1n) is 8.88. The van der Waals surface area contributed by atoms with E-state index in [1.807, 2.05) is 0 Å². The van der Waals surface area contributed by atoms with E-state index in [0.29, 0.717) is 23.5 Å². The molecule has 0 fully saturated rings. The SMILES string of the molecule is O=C1COc2ccc(C(=O)NCCN3CCCc4ccccc43)cc2N1. The molecule has 0 radical (unpaired) electrons. The van der Waals surface area contributed by atoms with Crippen LogP contribution in [0.1, 0.15) is 22.3 Å². The van der Waals surface area contributed by atoms with Crippen LogP contribution in [-0.4, -0.2) is 38.1 Å². The molecule has 2 aliphatic heterocycles. The van der Waals surface area contributed by atoms with Crippen molar-refractivity contribution in [3.05, 3.63) is 53.6 Å². The molecule has 0 spiro atoms. The van der Waals surface area contributed by atoms with Crippen LogP contribution in [0.3, 0.4) is 0 Å². The third-order valence-corrected chi connectivity index (χ3v) is 4.75. The second-order valence-corrected chi connectivity index (χ2v) is 6.52. The van der Waals surface area contributed by atoms with Crippen LogP contribution in [0.5, 0.6) is 5.75 Å². The quantitative estimate of drug-likeness (QED) is 0.886. The van der Waals surface area contributed by atoms with E-state index in [4.69, 9.17) is 4.74 Å². The minimum Gasteiger partial charge on any atom is -0.482 e. The van der Waals surface area contributed by atoms with Gasteiger partial charge in [-0.15, -0.1) is 0 Å². The molecule has 4 rings (SSSR count). The Morgan fingerprint density at radius 3 is 3.04 bits per heavy atom. The van der Waals surface area contributed by atoms with Crippen molar-refractivity contribution < 1.29 is 14.3 Å². The van der Waals surface area contributed by atoms with Gasteiger partial charge < -0.3 is 20.3 Å². The Morgan fingerprint density at radius 1 is 1.23 bits per heavy atom. The molecule has 6 nitrogen and oxygen atoms in total. The molecule has 0 aliphatic carbocycles. The van der Waals surface area contributed by atoms with Crippen molar-refractivity contribution in [2.45, 2.75) is 12.8 Å². The van der Waals surface area contributed by atoms with Gasteiger partial charge in [-0.1, -0.05) is 18.2 Å². The Bertz CT molecular complexity index is 850. The summed E-state index contributed by atoms with van der Waals surface area (Å²) in [6, 6.07) is 13.5. The minimum absolute atomic E-state index is 0.00977. The summed E-state index contributed by atoms with van der Waals surface area (Å²) in [4.78, 5) is 26.1. The Labute approximate surface area is 152 Å². The van der Waals surface area contributed by atoms with Crippen molar-refractivity contribution in [1.82, 2.24) is 5.32 Å². The fourth-order valence-corrected chi connectivity index (χ4v) is 3.47. The maximum atomic E-state index is 12.4. The molecule has 2 amide bonds. The molecule has 0 atom stereocenters. The highest BCUT2D eigenvalue weighted by molar-refractivity contribution is 5.99. The summed E-state index contributed by atoms with van der Waals surface area (Å²) >= 11 is 0. The van der Waals surface area contributed by atoms with E-state index in [-0.39, 0.29) is 18.4 Å². The van der Waals surface area contributed by atoms with Crippen LogP contribution in [0, 0.1) is 0 Å². The lowest BCUT2D eigenvalue weighted by molar-refractivity contribution is -0.118. The number of carbonyl (C=O) groups is 2. The largest absolute Gasteiger partial charge is 0.482 e. The number of rotatable bonds is 4. The Hall–Kier alpha value is -3.02. The molecular weight excluding hydrogens is 330 g/mol. The lowest BCUT2D eigenvalue weighted by atomic mass is 10.0. The summed E-state index contributed by atoms with van der Waals surface area (Å²) in [5.74, 6) is 0.225. The van der Waals surface area contributed by atoms with E-state index in [0.717, 1.165) is 25.9 Å². The van der Waals surface area contributed by atoms with E-state index < -0.39 is 0 Å². The van der Waals surface area contributed by atoms with Crippen LogP contribution in [0.2, 0.25) is 0 Å². The molecule has 134 valence electrons. The second-order valence-electron chi connectivity index (χ2n) is 6.52. The number of hydrogen-bond donors (Lipinski definition) is 2. The topological polar surface area (TPSA) is 70.7 Å². The van der Waals surface area contributed by atoms with Gasteiger partial charge in [-0.05, 0) is 42.7 Å². The molecule has 0 saturated heterocycles. The predicted molar refractivity (Wildman–Crippen MR) is 99.9 cm³/mol. The van der Waals surface area contributed by atoms with Crippen molar-refractivity contribution in [3.63, 3.8) is 0 Å². The van der Waals surface area contributed by atoms with Crippen LogP contribution in [0.15, 0.2) is 42.5 Å². The number of anilines is 2. The number of amides is 2. The number of benzene rings is 2. The van der Waals surface area contributed by atoms with Gasteiger partial charge in [0.05, 0.1) is 5.69 Å². The van der Waals surface area contributed by atoms with Crippen molar-refractivity contribution in [3.8, 4) is 5.75 Å². The zero-order valence-corrected chi connectivity index (χ0v) is 14.5. The summed E-state index contributed by atoms with van der Waals surface area (Å²) in [6.45, 7) is 2.35. The molecule has 2 heterocycles. The van der Waals surface area contributed by atoms with Gasteiger partial charge in [0.1, 0.15) is 5.75 Å². The molecule has 0 bridgehead atoms. The summed E-state index contributed by atoms with van der Waals surface area (Å²) in [7, 11) is 0. The standard InChI is InChI=1S/C20H21N3O3/c24-19-13-26-18-8-7-15(12-16(18)22-19)20(25)21-9-11-23-10-3-5-14-4-1-2-6-17(14)23/h1-2,4,6-8,12H,3,5,9-11,13H2,(H,21,25)(H,22,24). The van der Waals surface area contributed by atoms with Crippen LogP contribution in [0.4, 0.5) is 11.4 Å². The van der Waals surface area contributed by atoms with E-state index in [9.17, 15) is 9.59 Å². The average Bonchev–Trinajstić information content (AvgIpc) is 2.67. The van der Waals surface area contributed by atoms with E-state index >= 15 is 0 Å². The molecule has 2 aliphatic rings. The van der Waals surface area contributed by atoms with Gasteiger partial charge in [-0.25, -0.2) is 0 Å². The smallest absolute Gasteiger partial charge is 0.262 e. The van der Waals surface area contributed by atoms with Crippen LogP contribution in [-0.2, 0) is 11.2 Å². The van der Waals surface area contributed by atoms with Gasteiger partial charge in [0.2, 0.25) is 0 Å². The highest BCUT2D eigenvalue weighted by Crippen LogP contribution is 2.28. The minimum atomic E-state index is -0.209. The normalized spacial score (nSPS) is 15.4. The lowest BCUT2D eigenvalue weighted by Crippen LogP contribution is -2.37. The number of ether oxygens (including phenoxy) is 1. The third-order valence-electron chi connectivity index (χ3n) is 4.75. The first kappa shape index (κ1) is 16.4. The van der Waals surface area contributed by atoms with Crippen LogP contribution in [0.25, 0.3) is 0 Å². The Morgan fingerprint density at radius 2 is 2.12 bits per heavy atom. The number of aryl methyl sites for hydroxylation is 1. The maximum Gasteiger partial charge on any atom is 0.262 e. The van der Waals surface area contributed by atoms with Gasteiger partial charge in [0.25, 0.3) is 11.8 Å². The van der Waals surface area contributed by atoms with Crippen LogP contribution < -0.4 is 20.3 Å². The van der Waals surface area contributed by atoms with E-state index in [2.05, 4.69) is 39.8 Å². The Kier molecular flexibility index (Phi) is 4.48. The lowest BCUT2D eigenvalue weighted by Gasteiger charge is -2.31. The Balaban J connectivity index is 1.36. The first-order chi connectivity index (χ1) is 12.7. The van der Waals surface area contributed by atoms with Gasteiger partial charge in [0.15, 0.2) is 6.61 Å². The molecular formula is C20H21N3O3. The van der Waals surface area contributed by atoms with E-state index in [1.54, 1.807) is 18.2 Å². The highest BCUT2D eigenvalue weighted by atomic mass is 16.5. The fourth-order valence-electron chi connectivity index (χ4n) is 3.47. The zero-order valence-electron chi connectivity index (χ0n) is 14.5. The highest BCUT2D eigenvalue weighted by Gasteiger charge is 2.19. The van der Waals surface area contributed by atoms with Gasteiger partial charge in [-0.2, -0.15) is 0 Å². The number of para-hydroxylation sites is 1. The molecule has 2 aromatic rings. The predicted octanol–water partition coefficient (Wildman–Crippen LogP) is 2.20. The zero-order chi connectivity index (χ0) is 17.9. The third kappa shape index (κ3) is 3.35. The second kappa shape index (κ2) is 7.07. The fraction of sp³-hybridized carbons (Fsp3) is 0.300. The summed E-state index contributed by atoms with van der Waals surface area (Å²) < 4.78 is 5.31.